The number of rotatable bonds is 9. The molecule has 0 unspecified atom stereocenters. The van der Waals surface area contributed by atoms with Gasteiger partial charge in [0.25, 0.3) is 5.91 Å². The van der Waals surface area contributed by atoms with E-state index in [4.69, 9.17) is 0 Å². The van der Waals surface area contributed by atoms with E-state index in [0.717, 1.165) is 25.2 Å². The van der Waals surface area contributed by atoms with Crippen LogP contribution in [0, 0.1) is 24.4 Å². The molecule has 174 valence electrons. The molecule has 1 fully saturated rings. The van der Waals surface area contributed by atoms with Crippen LogP contribution in [-0.2, 0) is 0 Å². The van der Waals surface area contributed by atoms with E-state index in [1.165, 1.54) is 17.0 Å². The van der Waals surface area contributed by atoms with Gasteiger partial charge in [0.05, 0.1) is 30.0 Å². The Kier molecular flexibility index (Phi) is 7.43. The largest absolute Gasteiger partial charge is 0.385 e. The van der Waals surface area contributed by atoms with Crippen molar-refractivity contribution in [1.29, 1.82) is 0 Å². The number of anilines is 2. The fraction of sp³-hybridized carbons (Fsp3) is 0.435. The van der Waals surface area contributed by atoms with E-state index in [0.29, 0.717) is 18.7 Å². The van der Waals surface area contributed by atoms with Crippen molar-refractivity contribution in [1.82, 2.24) is 15.1 Å². The summed E-state index contributed by atoms with van der Waals surface area (Å²) in [6.45, 7) is 6.62. The van der Waals surface area contributed by atoms with Gasteiger partial charge in [0.1, 0.15) is 11.4 Å². The average molecular weight is 451 g/mol. The molecule has 0 saturated carbocycles. The summed E-state index contributed by atoms with van der Waals surface area (Å²) in [5.74, 6) is -3.65. The Balaban J connectivity index is 1.69. The number of benzene rings is 2. The summed E-state index contributed by atoms with van der Waals surface area (Å²) in [7, 11) is 2.00. The molecular formula is C23H29F3N4O2. The van der Waals surface area contributed by atoms with Gasteiger partial charge in [-0.15, -0.1) is 0 Å². The lowest BCUT2D eigenvalue weighted by Gasteiger charge is -2.46. The molecular weight excluding hydrogens is 421 g/mol. The first-order valence-electron chi connectivity index (χ1n) is 10.6. The molecule has 1 aliphatic rings. The number of nitrogens with zero attached hydrogens (tertiary/aromatic N) is 2. The van der Waals surface area contributed by atoms with Gasteiger partial charge in [-0.1, -0.05) is 13.0 Å². The first-order valence-corrected chi connectivity index (χ1v) is 10.6. The van der Waals surface area contributed by atoms with Crippen molar-refractivity contribution in [2.24, 2.45) is 0 Å². The summed E-state index contributed by atoms with van der Waals surface area (Å²) < 4.78 is 42.7. The fourth-order valence-electron chi connectivity index (χ4n) is 3.55. The second-order valence-electron chi connectivity index (χ2n) is 8.35. The molecule has 0 aromatic heterocycles. The smallest absolute Gasteiger partial charge is 0.256 e. The highest BCUT2D eigenvalue weighted by atomic mass is 19.2. The average Bonchev–Trinajstić information content (AvgIpc) is 2.73. The van der Waals surface area contributed by atoms with Crippen molar-refractivity contribution in [3.05, 3.63) is 58.9 Å². The fourth-order valence-corrected chi connectivity index (χ4v) is 3.55. The zero-order valence-corrected chi connectivity index (χ0v) is 18.5. The number of nitrogens with one attached hydrogen (secondary N) is 2. The number of aryl methyl sites for hydroxylation is 1. The predicted octanol–water partition coefficient (Wildman–Crippen LogP) is 2.88. The molecule has 1 aliphatic heterocycles. The molecule has 6 nitrogen and oxygen atoms in total. The molecule has 2 aromatic carbocycles. The SMILES string of the molecule is CCN(C)CCNCC1(O)CN(C(=O)c2ccc(F)c(F)c2Nc2ccc(C)cc2F)C1. The number of hydrogen-bond acceptors (Lipinski definition) is 5. The summed E-state index contributed by atoms with van der Waals surface area (Å²) in [5, 5.41) is 16.3. The third-order valence-corrected chi connectivity index (χ3v) is 5.63. The van der Waals surface area contributed by atoms with Crippen molar-refractivity contribution < 1.29 is 23.1 Å². The number of hydrogen-bond donors (Lipinski definition) is 3. The normalized spacial score (nSPS) is 15.1. The summed E-state index contributed by atoms with van der Waals surface area (Å²) >= 11 is 0. The molecule has 1 heterocycles. The Labute approximate surface area is 186 Å². The molecule has 3 rings (SSSR count). The van der Waals surface area contributed by atoms with Crippen LogP contribution in [0.5, 0.6) is 0 Å². The van der Waals surface area contributed by atoms with Crippen LogP contribution in [0.25, 0.3) is 0 Å². The number of likely N-dealkylation sites (tertiary alicyclic amines) is 1. The topological polar surface area (TPSA) is 67.8 Å². The number of β-amino-alcohol motifs (C(OH)–C–C–N with tert-alkyl or cyclic N) is 1. The van der Waals surface area contributed by atoms with Gasteiger partial charge in [-0.25, -0.2) is 13.2 Å². The number of amides is 1. The van der Waals surface area contributed by atoms with Gasteiger partial charge in [0.2, 0.25) is 0 Å². The number of likely N-dealkylation sites (N-methyl/N-ethyl adjacent to an activating group) is 1. The number of aliphatic hydroxyl groups is 1. The monoisotopic (exact) mass is 450 g/mol. The minimum atomic E-state index is -1.27. The third-order valence-electron chi connectivity index (χ3n) is 5.63. The number of halogens is 3. The molecule has 0 bridgehead atoms. The van der Waals surface area contributed by atoms with Gasteiger partial charge in [0, 0.05) is 19.6 Å². The number of carbonyl (C=O) groups is 1. The van der Waals surface area contributed by atoms with Crippen LogP contribution in [0.3, 0.4) is 0 Å². The molecule has 0 atom stereocenters. The lowest BCUT2D eigenvalue weighted by molar-refractivity contribution is -0.0785. The highest BCUT2D eigenvalue weighted by Crippen LogP contribution is 2.31. The van der Waals surface area contributed by atoms with Crippen molar-refractivity contribution in [3.8, 4) is 0 Å². The van der Waals surface area contributed by atoms with E-state index < -0.39 is 34.6 Å². The first-order chi connectivity index (χ1) is 15.1. The van der Waals surface area contributed by atoms with Gasteiger partial charge in [-0.2, -0.15) is 0 Å². The van der Waals surface area contributed by atoms with Crippen LogP contribution in [0.15, 0.2) is 30.3 Å². The number of carbonyl (C=O) groups excluding carboxylic acids is 1. The standard InChI is InChI=1S/C23H29F3N4O2/c1-4-29(3)10-9-27-12-23(32)13-30(14-23)22(31)16-6-7-17(24)20(26)21(16)28-19-8-5-15(2)11-18(19)25/h5-8,11,27-28,32H,4,9-10,12-14H2,1-3H3. The molecule has 2 aromatic rings. The van der Waals surface area contributed by atoms with Crippen molar-refractivity contribution in [2.45, 2.75) is 19.4 Å². The van der Waals surface area contributed by atoms with Gasteiger partial charge < -0.3 is 25.5 Å². The van der Waals surface area contributed by atoms with E-state index in [1.807, 2.05) is 7.05 Å². The second kappa shape index (κ2) is 9.89. The molecule has 3 N–H and O–H groups in total. The van der Waals surface area contributed by atoms with E-state index in [1.54, 1.807) is 13.0 Å². The summed E-state index contributed by atoms with van der Waals surface area (Å²) in [6.07, 6.45) is 0. The van der Waals surface area contributed by atoms with Crippen LogP contribution < -0.4 is 10.6 Å². The highest BCUT2D eigenvalue weighted by molar-refractivity contribution is 6.01. The van der Waals surface area contributed by atoms with Crippen LogP contribution >= 0.6 is 0 Å². The minimum Gasteiger partial charge on any atom is -0.385 e. The van der Waals surface area contributed by atoms with Crippen LogP contribution in [0.2, 0.25) is 0 Å². The Hall–Kier alpha value is -2.62. The first kappa shape index (κ1) is 24.0. The third kappa shape index (κ3) is 5.40. The summed E-state index contributed by atoms with van der Waals surface area (Å²) in [6, 6.07) is 6.28. The molecule has 32 heavy (non-hydrogen) atoms. The molecule has 1 saturated heterocycles. The van der Waals surface area contributed by atoms with E-state index in [9.17, 15) is 23.1 Å². The van der Waals surface area contributed by atoms with Gasteiger partial charge in [0.15, 0.2) is 11.6 Å². The lowest BCUT2D eigenvalue weighted by atomic mass is 9.92. The van der Waals surface area contributed by atoms with Crippen molar-refractivity contribution >= 4 is 17.3 Å². The molecule has 0 radical (unpaired) electrons. The highest BCUT2D eigenvalue weighted by Gasteiger charge is 2.44. The molecule has 0 aliphatic carbocycles. The summed E-state index contributed by atoms with van der Waals surface area (Å²) in [5.41, 5.74) is -1.07. The maximum atomic E-state index is 14.6. The lowest BCUT2D eigenvalue weighted by Crippen LogP contribution is -2.67. The molecule has 0 spiro atoms. The van der Waals surface area contributed by atoms with Crippen LogP contribution in [0.1, 0.15) is 22.8 Å². The van der Waals surface area contributed by atoms with E-state index >= 15 is 0 Å². The van der Waals surface area contributed by atoms with Crippen LogP contribution in [-0.4, -0.2) is 72.7 Å². The minimum absolute atomic E-state index is 0.0553. The van der Waals surface area contributed by atoms with Gasteiger partial charge in [-0.3, -0.25) is 4.79 Å². The maximum absolute atomic E-state index is 14.6. The van der Waals surface area contributed by atoms with Gasteiger partial charge >= 0.3 is 0 Å². The zero-order valence-electron chi connectivity index (χ0n) is 18.5. The Bertz CT molecular complexity index is 980. The van der Waals surface area contributed by atoms with E-state index in [2.05, 4.69) is 22.5 Å². The predicted molar refractivity (Wildman–Crippen MR) is 118 cm³/mol. The molecule has 9 heteroatoms. The Morgan fingerprint density at radius 2 is 1.91 bits per heavy atom. The van der Waals surface area contributed by atoms with Gasteiger partial charge in [-0.05, 0) is 50.3 Å². The molecule has 1 amide bonds. The Morgan fingerprint density at radius 1 is 1.19 bits per heavy atom. The Morgan fingerprint density at radius 3 is 2.56 bits per heavy atom. The van der Waals surface area contributed by atoms with Crippen molar-refractivity contribution in [3.63, 3.8) is 0 Å². The quantitative estimate of drug-likeness (QED) is 0.513. The second-order valence-corrected chi connectivity index (χ2v) is 8.35. The maximum Gasteiger partial charge on any atom is 0.256 e. The van der Waals surface area contributed by atoms with Crippen molar-refractivity contribution in [2.75, 3.05) is 51.6 Å². The van der Waals surface area contributed by atoms with E-state index in [-0.39, 0.29) is 24.3 Å². The summed E-state index contributed by atoms with van der Waals surface area (Å²) in [4.78, 5) is 16.4. The zero-order chi connectivity index (χ0) is 23.5. The van der Waals surface area contributed by atoms with Crippen LogP contribution in [0.4, 0.5) is 24.5 Å².